The molecule has 0 aliphatic carbocycles. The van der Waals surface area contributed by atoms with Gasteiger partial charge < -0.3 is 10.1 Å². The van der Waals surface area contributed by atoms with Crippen LogP contribution in [0.3, 0.4) is 0 Å². The van der Waals surface area contributed by atoms with Gasteiger partial charge >= 0.3 is 6.08 Å². The van der Waals surface area contributed by atoms with Crippen LogP contribution >= 0.6 is 0 Å². The number of aromatic nitrogens is 4. The highest BCUT2D eigenvalue weighted by Crippen LogP contribution is 2.27. The monoisotopic (exact) mass is 363 g/mol. The number of anilines is 1. The smallest absolute Gasteiger partial charge is 0.312 e. The van der Waals surface area contributed by atoms with E-state index < -0.39 is 17.7 Å². The van der Waals surface area contributed by atoms with Crippen molar-refractivity contribution in [3.05, 3.63) is 47.8 Å². The van der Waals surface area contributed by atoms with Crippen molar-refractivity contribution in [3.63, 3.8) is 0 Å². The fraction of sp³-hybridized carbons (Fsp3) is 0.353. The Balaban J connectivity index is 1.62. The summed E-state index contributed by atoms with van der Waals surface area (Å²) in [7, 11) is 0. The van der Waals surface area contributed by atoms with Crippen molar-refractivity contribution in [1.82, 2.24) is 19.5 Å². The van der Waals surface area contributed by atoms with Crippen LogP contribution in [-0.4, -0.2) is 26.1 Å². The molecule has 1 fully saturated rings. The second kappa shape index (κ2) is 6.91. The van der Waals surface area contributed by atoms with Gasteiger partial charge in [-0.05, 0) is 37.0 Å². The molecule has 0 bridgehead atoms. The largest absolute Gasteiger partial charge is 0.364 e. The van der Waals surface area contributed by atoms with Crippen molar-refractivity contribution in [2.45, 2.75) is 32.0 Å². The van der Waals surface area contributed by atoms with E-state index in [-0.39, 0.29) is 18.6 Å². The summed E-state index contributed by atoms with van der Waals surface area (Å²) in [4.78, 5) is 11.9. The van der Waals surface area contributed by atoms with E-state index >= 15 is 0 Å². The van der Waals surface area contributed by atoms with E-state index in [2.05, 4.69) is 20.3 Å². The number of hydrogen-bond donors (Lipinski definition) is 1. The molecular formula is C17H16F3N5O. The summed E-state index contributed by atoms with van der Waals surface area (Å²) < 4.78 is 47.6. The van der Waals surface area contributed by atoms with Crippen LogP contribution in [0, 0.1) is 17.7 Å². The molecule has 1 aliphatic rings. The summed E-state index contributed by atoms with van der Waals surface area (Å²) in [6.45, 7) is 0.773. The van der Waals surface area contributed by atoms with Gasteiger partial charge in [-0.15, -0.1) is 0 Å². The standard InChI is InChI=1S/C17H16F3N5O/c18-11-5-4-10(7-12(11)19)8-21-15-14-16(24-17(20)23-15)25(9-22-14)13-3-1-2-6-26-13/h4-5,7,9,13H,1-3,6,8H2,(H,21,23,24). The zero-order valence-electron chi connectivity index (χ0n) is 13.8. The molecule has 0 saturated carbocycles. The fourth-order valence-electron chi connectivity index (χ4n) is 3.00. The average molecular weight is 363 g/mol. The minimum atomic E-state index is -0.943. The Hall–Kier alpha value is -2.68. The van der Waals surface area contributed by atoms with Crippen molar-refractivity contribution in [3.8, 4) is 0 Å². The third-order valence-electron chi connectivity index (χ3n) is 4.30. The van der Waals surface area contributed by atoms with Crippen LogP contribution in [0.5, 0.6) is 0 Å². The third kappa shape index (κ3) is 3.22. The van der Waals surface area contributed by atoms with Gasteiger partial charge in [0.25, 0.3) is 0 Å². The molecule has 1 saturated heterocycles. The van der Waals surface area contributed by atoms with Crippen LogP contribution in [0.1, 0.15) is 31.1 Å². The molecule has 1 atom stereocenters. The molecule has 4 rings (SSSR count). The van der Waals surface area contributed by atoms with E-state index in [4.69, 9.17) is 4.74 Å². The van der Waals surface area contributed by atoms with Gasteiger partial charge in [0.2, 0.25) is 0 Å². The predicted molar refractivity (Wildman–Crippen MR) is 87.8 cm³/mol. The molecule has 2 aromatic heterocycles. The van der Waals surface area contributed by atoms with Crippen molar-refractivity contribution in [1.29, 1.82) is 0 Å². The van der Waals surface area contributed by atoms with E-state index in [9.17, 15) is 13.2 Å². The Morgan fingerprint density at radius 3 is 2.81 bits per heavy atom. The molecule has 3 aromatic rings. The number of nitrogens with one attached hydrogen (secondary N) is 1. The van der Waals surface area contributed by atoms with Crippen molar-refractivity contribution >= 4 is 17.0 Å². The van der Waals surface area contributed by atoms with E-state index in [0.29, 0.717) is 23.3 Å². The van der Waals surface area contributed by atoms with Gasteiger partial charge in [0.15, 0.2) is 28.6 Å². The molecule has 136 valence electrons. The first-order valence-corrected chi connectivity index (χ1v) is 8.31. The van der Waals surface area contributed by atoms with Crippen molar-refractivity contribution in [2.75, 3.05) is 11.9 Å². The third-order valence-corrected chi connectivity index (χ3v) is 4.30. The summed E-state index contributed by atoms with van der Waals surface area (Å²) in [5.41, 5.74) is 1.21. The minimum Gasteiger partial charge on any atom is -0.364 e. The predicted octanol–water partition coefficient (Wildman–Crippen LogP) is 3.55. The number of fused-ring (bicyclic) bond motifs is 1. The Bertz CT molecular complexity index is 940. The Morgan fingerprint density at radius 1 is 1.15 bits per heavy atom. The number of rotatable bonds is 4. The van der Waals surface area contributed by atoms with Gasteiger partial charge in [-0.25, -0.2) is 13.8 Å². The average Bonchev–Trinajstić information content (AvgIpc) is 3.07. The van der Waals surface area contributed by atoms with Crippen LogP contribution in [0.15, 0.2) is 24.5 Å². The lowest BCUT2D eigenvalue weighted by Crippen LogP contribution is -2.18. The quantitative estimate of drug-likeness (QED) is 0.718. The van der Waals surface area contributed by atoms with Gasteiger partial charge in [0, 0.05) is 13.2 Å². The van der Waals surface area contributed by atoms with Gasteiger partial charge in [-0.1, -0.05) is 6.07 Å². The van der Waals surface area contributed by atoms with Crippen LogP contribution in [-0.2, 0) is 11.3 Å². The molecule has 6 nitrogen and oxygen atoms in total. The summed E-state index contributed by atoms with van der Waals surface area (Å²) >= 11 is 0. The lowest BCUT2D eigenvalue weighted by atomic mass is 10.2. The summed E-state index contributed by atoms with van der Waals surface area (Å²) in [6, 6.07) is 3.55. The molecule has 1 aliphatic heterocycles. The van der Waals surface area contributed by atoms with Gasteiger partial charge in [-0.3, -0.25) is 4.57 Å². The van der Waals surface area contributed by atoms with Crippen molar-refractivity contribution in [2.24, 2.45) is 0 Å². The molecule has 3 heterocycles. The zero-order chi connectivity index (χ0) is 18.1. The van der Waals surface area contributed by atoms with E-state index in [1.54, 1.807) is 10.9 Å². The maximum atomic E-state index is 13.9. The lowest BCUT2D eigenvalue weighted by molar-refractivity contribution is -0.0298. The van der Waals surface area contributed by atoms with E-state index in [1.165, 1.54) is 6.07 Å². The lowest BCUT2D eigenvalue weighted by Gasteiger charge is -2.23. The van der Waals surface area contributed by atoms with E-state index in [1.807, 2.05) is 0 Å². The second-order valence-electron chi connectivity index (χ2n) is 6.09. The highest BCUT2D eigenvalue weighted by Gasteiger charge is 2.21. The normalized spacial score (nSPS) is 17.6. The molecule has 0 spiro atoms. The molecular weight excluding hydrogens is 347 g/mol. The number of imidazole rings is 1. The fourth-order valence-corrected chi connectivity index (χ4v) is 3.00. The Morgan fingerprint density at radius 2 is 2.04 bits per heavy atom. The molecule has 1 N–H and O–H groups in total. The van der Waals surface area contributed by atoms with E-state index in [0.717, 1.165) is 31.4 Å². The minimum absolute atomic E-state index is 0.134. The van der Waals surface area contributed by atoms with Crippen LogP contribution in [0.2, 0.25) is 0 Å². The highest BCUT2D eigenvalue weighted by molar-refractivity contribution is 5.82. The zero-order valence-corrected chi connectivity index (χ0v) is 13.8. The molecule has 1 unspecified atom stereocenters. The summed E-state index contributed by atoms with van der Waals surface area (Å²) in [5.74, 6) is -1.68. The highest BCUT2D eigenvalue weighted by atomic mass is 19.2. The first-order valence-electron chi connectivity index (χ1n) is 8.31. The van der Waals surface area contributed by atoms with Crippen molar-refractivity contribution < 1.29 is 17.9 Å². The maximum absolute atomic E-state index is 13.9. The number of benzene rings is 1. The van der Waals surface area contributed by atoms with Gasteiger partial charge in [0.1, 0.15) is 6.23 Å². The second-order valence-corrected chi connectivity index (χ2v) is 6.09. The topological polar surface area (TPSA) is 64.9 Å². The van der Waals surface area contributed by atoms with Crippen LogP contribution < -0.4 is 5.32 Å². The summed E-state index contributed by atoms with van der Waals surface area (Å²) in [6.07, 6.45) is 3.23. The van der Waals surface area contributed by atoms with Gasteiger partial charge in [0.05, 0.1) is 6.33 Å². The number of ether oxygens (including phenoxy) is 1. The first-order chi connectivity index (χ1) is 12.6. The number of halogens is 3. The molecule has 1 aromatic carbocycles. The number of nitrogens with zero attached hydrogens (tertiary/aromatic N) is 4. The SMILES string of the molecule is Fc1nc(NCc2ccc(F)c(F)c2)c2ncn(C3CCCCO3)c2n1. The Labute approximate surface area is 147 Å². The first kappa shape index (κ1) is 16.8. The van der Waals surface area contributed by atoms with Crippen LogP contribution in [0.25, 0.3) is 11.2 Å². The maximum Gasteiger partial charge on any atom is 0.312 e. The molecule has 9 heteroatoms. The molecule has 0 amide bonds. The molecule has 26 heavy (non-hydrogen) atoms. The van der Waals surface area contributed by atoms with Crippen LogP contribution in [0.4, 0.5) is 19.0 Å². The summed E-state index contributed by atoms with van der Waals surface area (Å²) in [5, 5.41) is 2.91. The Kier molecular flexibility index (Phi) is 4.46. The number of hydrogen-bond acceptors (Lipinski definition) is 5. The molecule has 0 radical (unpaired) electrons. The van der Waals surface area contributed by atoms with Gasteiger partial charge in [-0.2, -0.15) is 14.4 Å².